The lowest BCUT2D eigenvalue weighted by atomic mass is 9.97. The van der Waals surface area contributed by atoms with E-state index < -0.39 is 6.04 Å². The van der Waals surface area contributed by atoms with Crippen LogP contribution in [-0.2, 0) is 4.79 Å². The number of rotatable bonds is 8. The number of para-hydroxylation sites is 1. The molecule has 1 saturated heterocycles. The van der Waals surface area contributed by atoms with E-state index in [9.17, 15) is 9.59 Å². The first kappa shape index (κ1) is 24.5. The van der Waals surface area contributed by atoms with Crippen LogP contribution < -0.4 is 10.6 Å². The van der Waals surface area contributed by atoms with Gasteiger partial charge in [-0.3, -0.25) is 9.69 Å². The van der Waals surface area contributed by atoms with Crippen LogP contribution in [0.25, 0.3) is 6.08 Å². The molecule has 6 heteroatoms. The molecule has 0 radical (unpaired) electrons. The summed E-state index contributed by atoms with van der Waals surface area (Å²) in [6.07, 6.45) is 5.12. The number of anilines is 1. The number of urea groups is 1. The van der Waals surface area contributed by atoms with Crippen LogP contribution in [0.15, 0.2) is 60.7 Å². The molecule has 1 aliphatic heterocycles. The van der Waals surface area contributed by atoms with E-state index in [2.05, 4.69) is 39.8 Å². The zero-order chi connectivity index (χ0) is 23.6. The maximum atomic E-state index is 13.3. The van der Waals surface area contributed by atoms with E-state index in [0.29, 0.717) is 13.1 Å². The summed E-state index contributed by atoms with van der Waals surface area (Å²) < 4.78 is 0. The lowest BCUT2D eigenvalue weighted by Crippen LogP contribution is -2.57. The van der Waals surface area contributed by atoms with Crippen LogP contribution in [0.4, 0.5) is 10.5 Å². The van der Waals surface area contributed by atoms with Crippen molar-refractivity contribution in [1.82, 2.24) is 15.1 Å². The number of amides is 3. The van der Waals surface area contributed by atoms with Gasteiger partial charge >= 0.3 is 6.03 Å². The quantitative estimate of drug-likeness (QED) is 0.630. The van der Waals surface area contributed by atoms with E-state index in [-0.39, 0.29) is 17.9 Å². The van der Waals surface area contributed by atoms with Crippen LogP contribution in [0.5, 0.6) is 0 Å². The molecular formula is C27H36N4O2. The third kappa shape index (κ3) is 7.19. The number of nitrogens with zero attached hydrogens (tertiary/aromatic N) is 2. The maximum absolute atomic E-state index is 13.3. The highest BCUT2D eigenvalue weighted by Gasteiger charge is 2.31. The Morgan fingerprint density at radius 3 is 2.33 bits per heavy atom. The molecule has 0 aromatic heterocycles. The average molecular weight is 449 g/mol. The fraction of sp³-hybridized carbons (Fsp3) is 0.407. The Bertz CT molecular complexity index is 936. The molecule has 0 saturated carbocycles. The number of nitrogens with one attached hydrogen (secondary N) is 2. The molecule has 6 nitrogen and oxygen atoms in total. The SMILES string of the molecule is CCC(C)C(NC(=O)Nc1ccccc1C)C(=O)N1CCN(CC=Cc2ccccc2)CC1. The van der Waals surface area contributed by atoms with Crippen LogP contribution in [0, 0.1) is 12.8 Å². The second-order valence-corrected chi connectivity index (χ2v) is 8.72. The summed E-state index contributed by atoms with van der Waals surface area (Å²) in [5, 5.41) is 5.82. The van der Waals surface area contributed by atoms with Gasteiger partial charge < -0.3 is 15.5 Å². The second kappa shape index (κ2) is 12.2. The van der Waals surface area contributed by atoms with Gasteiger partial charge in [-0.2, -0.15) is 0 Å². The molecule has 1 aliphatic rings. The monoisotopic (exact) mass is 448 g/mol. The molecule has 2 atom stereocenters. The van der Waals surface area contributed by atoms with Gasteiger partial charge in [-0.05, 0) is 30.0 Å². The Kier molecular flexibility index (Phi) is 9.07. The average Bonchev–Trinajstić information content (AvgIpc) is 2.84. The van der Waals surface area contributed by atoms with E-state index in [1.54, 1.807) is 0 Å². The van der Waals surface area contributed by atoms with Gasteiger partial charge in [0.05, 0.1) is 0 Å². The number of hydrogen-bond donors (Lipinski definition) is 2. The summed E-state index contributed by atoms with van der Waals surface area (Å²) in [5.74, 6) is 0.0516. The van der Waals surface area contributed by atoms with Crippen molar-refractivity contribution in [3.63, 3.8) is 0 Å². The molecule has 33 heavy (non-hydrogen) atoms. The van der Waals surface area contributed by atoms with Crippen molar-refractivity contribution in [1.29, 1.82) is 0 Å². The summed E-state index contributed by atoms with van der Waals surface area (Å²) >= 11 is 0. The van der Waals surface area contributed by atoms with Crippen molar-refractivity contribution in [3.8, 4) is 0 Å². The Balaban J connectivity index is 1.52. The van der Waals surface area contributed by atoms with Crippen LogP contribution >= 0.6 is 0 Å². The van der Waals surface area contributed by atoms with Gasteiger partial charge in [0, 0.05) is 38.4 Å². The van der Waals surface area contributed by atoms with E-state index in [1.807, 2.05) is 68.1 Å². The van der Waals surface area contributed by atoms with Gasteiger partial charge in [0.25, 0.3) is 0 Å². The number of hydrogen-bond acceptors (Lipinski definition) is 3. The minimum absolute atomic E-state index is 0.00348. The van der Waals surface area contributed by atoms with E-state index in [1.165, 1.54) is 5.56 Å². The smallest absolute Gasteiger partial charge is 0.319 e. The molecule has 2 aromatic rings. The fourth-order valence-corrected chi connectivity index (χ4v) is 3.95. The zero-order valence-corrected chi connectivity index (χ0v) is 20.0. The number of benzene rings is 2. The first-order valence-electron chi connectivity index (χ1n) is 11.8. The van der Waals surface area contributed by atoms with Crippen molar-refractivity contribution >= 4 is 23.7 Å². The minimum atomic E-state index is -0.538. The molecule has 3 amide bonds. The predicted molar refractivity (Wildman–Crippen MR) is 135 cm³/mol. The molecule has 2 aromatic carbocycles. The topological polar surface area (TPSA) is 64.7 Å². The fourth-order valence-electron chi connectivity index (χ4n) is 3.95. The predicted octanol–water partition coefficient (Wildman–Crippen LogP) is 4.39. The molecule has 2 N–H and O–H groups in total. The zero-order valence-electron chi connectivity index (χ0n) is 20.0. The summed E-state index contributed by atoms with van der Waals surface area (Å²) in [5.41, 5.74) is 2.93. The molecule has 1 heterocycles. The minimum Gasteiger partial charge on any atom is -0.338 e. The van der Waals surface area contributed by atoms with Crippen molar-refractivity contribution in [2.75, 3.05) is 38.0 Å². The van der Waals surface area contributed by atoms with Crippen molar-refractivity contribution in [2.24, 2.45) is 5.92 Å². The Labute approximate surface area is 197 Å². The Morgan fingerprint density at radius 1 is 1.00 bits per heavy atom. The highest BCUT2D eigenvalue weighted by molar-refractivity contribution is 5.94. The molecular weight excluding hydrogens is 412 g/mol. The van der Waals surface area contributed by atoms with Gasteiger partial charge in [0.15, 0.2) is 0 Å². The van der Waals surface area contributed by atoms with Crippen LogP contribution in [0.2, 0.25) is 0 Å². The van der Waals surface area contributed by atoms with Crippen LogP contribution in [0.1, 0.15) is 31.4 Å². The first-order valence-corrected chi connectivity index (χ1v) is 11.8. The molecule has 2 unspecified atom stereocenters. The lowest BCUT2D eigenvalue weighted by molar-refractivity contribution is -0.136. The second-order valence-electron chi connectivity index (χ2n) is 8.72. The van der Waals surface area contributed by atoms with Crippen LogP contribution in [-0.4, -0.2) is 60.5 Å². The van der Waals surface area contributed by atoms with Gasteiger partial charge in [0.2, 0.25) is 5.91 Å². The molecule has 0 spiro atoms. The van der Waals surface area contributed by atoms with Crippen LogP contribution in [0.3, 0.4) is 0 Å². The lowest BCUT2D eigenvalue weighted by Gasteiger charge is -2.37. The standard InChI is InChI=1S/C27H36N4O2/c1-4-21(2)25(29-27(33)28-24-15-9-8-11-22(24)3)26(32)31-19-17-30(18-20-31)16-10-14-23-12-6-5-7-13-23/h5-15,21,25H,4,16-20H2,1-3H3,(H2,28,29,33). The normalized spacial score (nSPS) is 16.4. The number of carbonyl (C=O) groups excluding carboxylic acids is 2. The molecule has 0 bridgehead atoms. The van der Waals surface area contributed by atoms with Gasteiger partial charge in [0.1, 0.15) is 6.04 Å². The summed E-state index contributed by atoms with van der Waals surface area (Å²) in [7, 11) is 0. The molecule has 1 fully saturated rings. The third-order valence-corrected chi connectivity index (χ3v) is 6.32. The number of piperazine rings is 1. The summed E-state index contributed by atoms with van der Waals surface area (Å²) in [4.78, 5) is 30.2. The van der Waals surface area contributed by atoms with Crippen molar-refractivity contribution in [3.05, 3.63) is 71.8 Å². The Hall–Kier alpha value is -3.12. The number of aryl methyl sites for hydroxylation is 1. The van der Waals surface area contributed by atoms with E-state index in [4.69, 9.17) is 0 Å². The van der Waals surface area contributed by atoms with E-state index >= 15 is 0 Å². The summed E-state index contributed by atoms with van der Waals surface area (Å²) in [6.45, 7) is 9.87. The maximum Gasteiger partial charge on any atom is 0.319 e. The third-order valence-electron chi connectivity index (χ3n) is 6.32. The molecule has 0 aliphatic carbocycles. The molecule has 3 rings (SSSR count). The molecule has 176 valence electrons. The van der Waals surface area contributed by atoms with Gasteiger partial charge in [-0.15, -0.1) is 0 Å². The van der Waals surface area contributed by atoms with Crippen molar-refractivity contribution < 1.29 is 9.59 Å². The van der Waals surface area contributed by atoms with E-state index in [0.717, 1.165) is 37.3 Å². The highest BCUT2D eigenvalue weighted by Crippen LogP contribution is 2.16. The summed E-state index contributed by atoms with van der Waals surface area (Å²) in [6, 6.07) is 17.0. The van der Waals surface area contributed by atoms with Gasteiger partial charge in [-0.25, -0.2) is 4.79 Å². The van der Waals surface area contributed by atoms with Crippen molar-refractivity contribution in [2.45, 2.75) is 33.2 Å². The number of carbonyl (C=O) groups is 2. The largest absolute Gasteiger partial charge is 0.338 e. The van der Waals surface area contributed by atoms with Gasteiger partial charge in [-0.1, -0.05) is 81.0 Å². The first-order chi connectivity index (χ1) is 16.0. The highest BCUT2D eigenvalue weighted by atomic mass is 16.2. The Morgan fingerprint density at radius 2 is 1.67 bits per heavy atom.